The smallest absolute Gasteiger partial charge is 0.384 e. The van der Waals surface area contributed by atoms with Crippen LogP contribution in [-0.4, -0.2) is 32.1 Å². The Kier molecular flexibility index (Phi) is 9.10. The number of carbonyl (C=O) groups is 1. The van der Waals surface area contributed by atoms with Gasteiger partial charge in [-0.1, -0.05) is 18.8 Å². The molecular weight excluding hydrogens is 256 g/mol. The molecule has 0 bridgehead atoms. The predicted octanol–water partition coefficient (Wildman–Crippen LogP) is 3.05. The molecule has 114 valence electrons. The standard InChI is InChI=1S/C16H26O4/c1-14(20-16-12-8-9-13-19-16)10-6-4-3-5-7-11-15(17)18-2/h14,16H,3-6,8-10,12-13H2,1-2H3/t14-,16?/m1/s1. The molecule has 4 nitrogen and oxygen atoms in total. The van der Waals surface area contributed by atoms with Crippen LogP contribution in [0, 0.1) is 11.8 Å². The number of ether oxygens (including phenoxy) is 3. The lowest BCUT2D eigenvalue weighted by molar-refractivity contribution is -0.185. The summed E-state index contributed by atoms with van der Waals surface area (Å²) in [5, 5.41) is 0. The number of unbranched alkanes of at least 4 members (excludes halogenated alkanes) is 3. The van der Waals surface area contributed by atoms with Crippen molar-refractivity contribution in [1.29, 1.82) is 0 Å². The first-order chi connectivity index (χ1) is 9.72. The molecule has 1 aliphatic rings. The largest absolute Gasteiger partial charge is 0.459 e. The number of esters is 1. The van der Waals surface area contributed by atoms with Gasteiger partial charge in [0.05, 0.1) is 13.2 Å². The number of hydrogen-bond donors (Lipinski definition) is 0. The fraction of sp³-hybridized carbons (Fsp3) is 0.812. The molecule has 1 fully saturated rings. The van der Waals surface area contributed by atoms with Gasteiger partial charge in [0, 0.05) is 18.9 Å². The van der Waals surface area contributed by atoms with Crippen LogP contribution in [-0.2, 0) is 19.0 Å². The quantitative estimate of drug-likeness (QED) is 0.311. The van der Waals surface area contributed by atoms with Crippen molar-refractivity contribution >= 4 is 5.97 Å². The molecule has 0 aromatic rings. The van der Waals surface area contributed by atoms with Crippen LogP contribution in [0.3, 0.4) is 0 Å². The lowest BCUT2D eigenvalue weighted by atomic mass is 10.1. The van der Waals surface area contributed by atoms with Crippen LogP contribution in [0.2, 0.25) is 0 Å². The van der Waals surface area contributed by atoms with Crippen LogP contribution in [0.4, 0.5) is 0 Å². The molecule has 4 heteroatoms. The first kappa shape index (κ1) is 17.0. The molecule has 20 heavy (non-hydrogen) atoms. The molecule has 0 spiro atoms. The van der Waals surface area contributed by atoms with E-state index in [1.54, 1.807) is 0 Å². The van der Waals surface area contributed by atoms with Gasteiger partial charge in [-0.15, -0.1) is 0 Å². The molecule has 1 unspecified atom stereocenters. The predicted molar refractivity (Wildman–Crippen MR) is 77.0 cm³/mol. The van der Waals surface area contributed by atoms with Crippen molar-refractivity contribution in [2.24, 2.45) is 0 Å². The van der Waals surface area contributed by atoms with Crippen LogP contribution in [0.25, 0.3) is 0 Å². The minimum Gasteiger partial charge on any atom is -0.459 e. The van der Waals surface area contributed by atoms with Gasteiger partial charge in [0.15, 0.2) is 6.29 Å². The van der Waals surface area contributed by atoms with Gasteiger partial charge in [-0.25, -0.2) is 4.79 Å². The highest BCUT2D eigenvalue weighted by Gasteiger charge is 2.16. The van der Waals surface area contributed by atoms with Gasteiger partial charge in [0.2, 0.25) is 0 Å². The lowest BCUT2D eigenvalue weighted by Gasteiger charge is -2.26. The average molecular weight is 282 g/mol. The van der Waals surface area contributed by atoms with Crippen molar-refractivity contribution in [1.82, 2.24) is 0 Å². The van der Waals surface area contributed by atoms with E-state index in [4.69, 9.17) is 9.47 Å². The Morgan fingerprint density at radius 1 is 1.35 bits per heavy atom. The summed E-state index contributed by atoms with van der Waals surface area (Å²) in [7, 11) is 1.34. The number of hydrogen-bond acceptors (Lipinski definition) is 4. The van der Waals surface area contributed by atoms with Crippen molar-refractivity contribution in [3.05, 3.63) is 0 Å². The third-order valence-electron chi connectivity index (χ3n) is 3.31. The molecule has 0 radical (unpaired) electrons. The van der Waals surface area contributed by atoms with E-state index in [0.717, 1.165) is 51.6 Å². The minimum atomic E-state index is -0.459. The molecule has 2 atom stereocenters. The molecule has 0 N–H and O–H groups in total. The minimum absolute atomic E-state index is 0.00433. The zero-order valence-electron chi connectivity index (χ0n) is 12.7. The van der Waals surface area contributed by atoms with Crippen LogP contribution >= 0.6 is 0 Å². The fourth-order valence-electron chi connectivity index (χ4n) is 2.15. The Morgan fingerprint density at radius 2 is 2.20 bits per heavy atom. The summed E-state index contributed by atoms with van der Waals surface area (Å²) in [6.45, 7) is 2.94. The van der Waals surface area contributed by atoms with E-state index < -0.39 is 5.97 Å². The van der Waals surface area contributed by atoms with E-state index in [1.807, 2.05) is 0 Å². The SMILES string of the molecule is COC(=O)C#CCCCCC[C@@H](C)OC1CCCCO1. The van der Waals surface area contributed by atoms with Crippen LogP contribution in [0.5, 0.6) is 0 Å². The Hall–Kier alpha value is -1.05. The summed E-state index contributed by atoms with van der Waals surface area (Å²) >= 11 is 0. The zero-order valence-corrected chi connectivity index (χ0v) is 12.7. The molecule has 1 heterocycles. The maximum absolute atomic E-state index is 10.8. The monoisotopic (exact) mass is 282 g/mol. The third kappa shape index (κ3) is 8.19. The normalized spacial score (nSPS) is 19.8. The van der Waals surface area contributed by atoms with Crippen molar-refractivity contribution in [3.8, 4) is 11.8 Å². The van der Waals surface area contributed by atoms with E-state index in [0.29, 0.717) is 0 Å². The topological polar surface area (TPSA) is 44.8 Å². The summed E-state index contributed by atoms with van der Waals surface area (Å²) < 4.78 is 15.9. The first-order valence-electron chi connectivity index (χ1n) is 7.56. The Labute approximate surface area is 122 Å². The van der Waals surface area contributed by atoms with Gasteiger partial charge in [0.1, 0.15) is 0 Å². The van der Waals surface area contributed by atoms with Crippen LogP contribution in [0.1, 0.15) is 58.3 Å². The molecule has 0 amide bonds. The van der Waals surface area contributed by atoms with E-state index in [-0.39, 0.29) is 12.4 Å². The molecule has 1 rings (SSSR count). The molecular formula is C16H26O4. The number of rotatable bonds is 7. The van der Waals surface area contributed by atoms with Gasteiger partial charge in [0.25, 0.3) is 0 Å². The Balaban J connectivity index is 1.97. The zero-order chi connectivity index (χ0) is 14.6. The lowest BCUT2D eigenvalue weighted by Crippen LogP contribution is -2.26. The van der Waals surface area contributed by atoms with Crippen LogP contribution in [0.15, 0.2) is 0 Å². The van der Waals surface area contributed by atoms with Gasteiger partial charge >= 0.3 is 5.97 Å². The molecule has 1 saturated heterocycles. The van der Waals surface area contributed by atoms with Crippen molar-refractivity contribution in [3.63, 3.8) is 0 Å². The highest BCUT2D eigenvalue weighted by Crippen LogP contribution is 2.17. The van der Waals surface area contributed by atoms with Crippen molar-refractivity contribution in [2.75, 3.05) is 13.7 Å². The van der Waals surface area contributed by atoms with Gasteiger partial charge in [-0.3, -0.25) is 0 Å². The van der Waals surface area contributed by atoms with Crippen LogP contribution < -0.4 is 0 Å². The Morgan fingerprint density at radius 3 is 2.90 bits per heavy atom. The van der Waals surface area contributed by atoms with Gasteiger partial charge < -0.3 is 14.2 Å². The van der Waals surface area contributed by atoms with E-state index >= 15 is 0 Å². The molecule has 0 aromatic heterocycles. The second-order valence-corrected chi connectivity index (χ2v) is 5.14. The van der Waals surface area contributed by atoms with Gasteiger partial charge in [-0.05, 0) is 39.0 Å². The fourth-order valence-corrected chi connectivity index (χ4v) is 2.15. The van der Waals surface area contributed by atoms with Crippen molar-refractivity contribution < 1.29 is 19.0 Å². The highest BCUT2D eigenvalue weighted by molar-refractivity contribution is 5.88. The maximum Gasteiger partial charge on any atom is 0.384 e. The van der Waals surface area contributed by atoms with E-state index in [2.05, 4.69) is 23.5 Å². The summed E-state index contributed by atoms with van der Waals surface area (Å²) in [5.41, 5.74) is 0. The summed E-state index contributed by atoms with van der Waals surface area (Å²) in [4.78, 5) is 10.8. The third-order valence-corrected chi connectivity index (χ3v) is 3.31. The average Bonchev–Trinajstić information content (AvgIpc) is 2.47. The second kappa shape index (κ2) is 10.7. The van der Waals surface area contributed by atoms with Gasteiger partial charge in [-0.2, -0.15) is 0 Å². The summed E-state index contributed by atoms with van der Waals surface area (Å²) in [6.07, 6.45) is 8.66. The Bertz CT molecular complexity index is 323. The number of carbonyl (C=O) groups excluding carboxylic acids is 1. The second-order valence-electron chi connectivity index (χ2n) is 5.14. The number of methoxy groups -OCH3 is 1. The molecule has 1 aliphatic heterocycles. The highest BCUT2D eigenvalue weighted by atomic mass is 16.7. The molecule has 0 saturated carbocycles. The van der Waals surface area contributed by atoms with E-state index in [1.165, 1.54) is 13.5 Å². The summed E-state index contributed by atoms with van der Waals surface area (Å²) in [5.74, 6) is 4.79. The molecule has 0 aliphatic carbocycles. The van der Waals surface area contributed by atoms with Crippen molar-refractivity contribution in [2.45, 2.75) is 70.7 Å². The summed E-state index contributed by atoms with van der Waals surface area (Å²) in [6, 6.07) is 0. The first-order valence-corrected chi connectivity index (χ1v) is 7.56. The maximum atomic E-state index is 10.8. The molecule has 0 aromatic carbocycles. The van der Waals surface area contributed by atoms with E-state index in [9.17, 15) is 4.79 Å².